The third-order valence-corrected chi connectivity index (χ3v) is 3.66. The quantitative estimate of drug-likeness (QED) is 0.722. The van der Waals surface area contributed by atoms with Crippen molar-refractivity contribution in [3.05, 3.63) is 18.1 Å². The average molecular weight is 321 g/mol. The van der Waals surface area contributed by atoms with Crippen LogP contribution in [0.4, 0.5) is 0 Å². The van der Waals surface area contributed by atoms with Crippen molar-refractivity contribution in [1.29, 1.82) is 0 Å². The van der Waals surface area contributed by atoms with Gasteiger partial charge in [-0.05, 0) is 6.92 Å². The molecule has 0 radical (unpaired) electrons. The van der Waals surface area contributed by atoms with Crippen molar-refractivity contribution in [2.45, 2.75) is 43.6 Å². The molecule has 1 N–H and O–H groups in total. The van der Waals surface area contributed by atoms with Gasteiger partial charge in [0.2, 0.25) is 17.6 Å². The molecule has 116 valence electrons. The monoisotopic (exact) mass is 321 g/mol. The maximum absolute atomic E-state index is 5.64. The number of aromatic nitrogens is 7. The summed E-state index contributed by atoms with van der Waals surface area (Å²) in [7, 11) is 0. The molecule has 3 rings (SSSR count). The third kappa shape index (κ3) is 3.01. The average Bonchev–Trinajstić information content (AvgIpc) is 3.18. The summed E-state index contributed by atoms with van der Waals surface area (Å²) in [4.78, 5) is 8.26. The number of nitrogens with one attached hydrogen (secondary N) is 1. The first-order valence-corrected chi connectivity index (χ1v) is 7.51. The SMILES string of the molecule is C[C@@H](Sc1nnc(C(C)(C)C)o1)c1nc(-c2ncn[nH]2)no1. The fraction of sp³-hybridized carbons (Fsp3) is 0.500. The number of nitrogens with zero attached hydrogens (tertiary/aromatic N) is 6. The first-order valence-electron chi connectivity index (χ1n) is 6.63. The fourth-order valence-electron chi connectivity index (χ4n) is 1.57. The number of thioether (sulfide) groups is 1. The minimum absolute atomic E-state index is 0.127. The van der Waals surface area contributed by atoms with Gasteiger partial charge in [-0.3, -0.25) is 5.10 Å². The molecule has 0 aliphatic heterocycles. The summed E-state index contributed by atoms with van der Waals surface area (Å²) in [5.74, 6) is 1.86. The van der Waals surface area contributed by atoms with E-state index in [0.29, 0.717) is 28.7 Å². The van der Waals surface area contributed by atoms with Crippen LogP contribution in [0.3, 0.4) is 0 Å². The van der Waals surface area contributed by atoms with Crippen LogP contribution < -0.4 is 0 Å². The molecule has 0 bridgehead atoms. The molecule has 1 atom stereocenters. The number of aromatic amines is 1. The second kappa shape index (κ2) is 5.52. The van der Waals surface area contributed by atoms with Crippen molar-refractivity contribution < 1.29 is 8.94 Å². The van der Waals surface area contributed by atoms with Crippen molar-refractivity contribution in [3.63, 3.8) is 0 Å². The number of hydrogen-bond acceptors (Lipinski definition) is 9. The summed E-state index contributed by atoms with van der Waals surface area (Å²) in [5.41, 5.74) is -0.182. The minimum Gasteiger partial charge on any atom is -0.415 e. The lowest BCUT2D eigenvalue weighted by Crippen LogP contribution is -2.11. The van der Waals surface area contributed by atoms with Crippen LogP contribution in [0.15, 0.2) is 20.5 Å². The van der Waals surface area contributed by atoms with E-state index in [0.717, 1.165) is 0 Å². The Labute approximate surface area is 130 Å². The van der Waals surface area contributed by atoms with Gasteiger partial charge in [0.05, 0.1) is 5.25 Å². The number of hydrogen-bond donors (Lipinski definition) is 1. The Morgan fingerprint density at radius 3 is 2.73 bits per heavy atom. The van der Waals surface area contributed by atoms with Gasteiger partial charge in [0.25, 0.3) is 5.22 Å². The van der Waals surface area contributed by atoms with Crippen LogP contribution in [-0.4, -0.2) is 35.5 Å². The Kier molecular flexibility index (Phi) is 3.69. The van der Waals surface area contributed by atoms with E-state index < -0.39 is 0 Å². The van der Waals surface area contributed by atoms with Crippen molar-refractivity contribution in [2.24, 2.45) is 0 Å². The summed E-state index contributed by atoms with van der Waals surface area (Å²) >= 11 is 1.36. The van der Waals surface area contributed by atoms with E-state index in [-0.39, 0.29) is 10.7 Å². The molecular formula is C12H15N7O2S. The molecule has 0 saturated carbocycles. The highest BCUT2D eigenvalue weighted by Gasteiger charge is 2.24. The van der Waals surface area contributed by atoms with Crippen LogP contribution >= 0.6 is 11.8 Å². The molecule has 3 aromatic heterocycles. The van der Waals surface area contributed by atoms with Gasteiger partial charge in [0.1, 0.15) is 6.33 Å². The van der Waals surface area contributed by atoms with Crippen LogP contribution in [0.1, 0.15) is 44.7 Å². The van der Waals surface area contributed by atoms with E-state index in [9.17, 15) is 0 Å². The van der Waals surface area contributed by atoms with Crippen LogP contribution in [0.25, 0.3) is 11.6 Å². The van der Waals surface area contributed by atoms with Gasteiger partial charge in [0, 0.05) is 5.41 Å². The molecule has 10 heteroatoms. The summed E-state index contributed by atoms with van der Waals surface area (Å²) in [6.45, 7) is 7.96. The lowest BCUT2D eigenvalue weighted by molar-refractivity contribution is 0.345. The van der Waals surface area contributed by atoms with Gasteiger partial charge in [-0.25, -0.2) is 4.98 Å². The topological polar surface area (TPSA) is 119 Å². The molecule has 9 nitrogen and oxygen atoms in total. The van der Waals surface area contributed by atoms with Gasteiger partial charge >= 0.3 is 0 Å². The zero-order valence-corrected chi connectivity index (χ0v) is 13.4. The molecule has 0 unspecified atom stereocenters. The van der Waals surface area contributed by atoms with Crippen LogP contribution in [0.5, 0.6) is 0 Å². The Morgan fingerprint density at radius 1 is 1.27 bits per heavy atom. The van der Waals surface area contributed by atoms with Crippen molar-refractivity contribution >= 4 is 11.8 Å². The zero-order chi connectivity index (χ0) is 15.7. The lowest BCUT2D eigenvalue weighted by atomic mass is 9.97. The number of rotatable bonds is 4. The summed E-state index contributed by atoms with van der Waals surface area (Å²) < 4.78 is 10.9. The van der Waals surface area contributed by atoms with E-state index in [1.54, 1.807) is 0 Å². The van der Waals surface area contributed by atoms with Crippen molar-refractivity contribution in [3.8, 4) is 11.6 Å². The van der Waals surface area contributed by atoms with E-state index >= 15 is 0 Å². The molecule has 22 heavy (non-hydrogen) atoms. The smallest absolute Gasteiger partial charge is 0.277 e. The maximum Gasteiger partial charge on any atom is 0.277 e. The summed E-state index contributed by atoms with van der Waals surface area (Å²) in [6, 6.07) is 0. The molecule has 0 saturated heterocycles. The Balaban J connectivity index is 1.72. The largest absolute Gasteiger partial charge is 0.415 e. The first kappa shape index (κ1) is 14.7. The predicted molar refractivity (Wildman–Crippen MR) is 76.9 cm³/mol. The van der Waals surface area contributed by atoms with Gasteiger partial charge in [-0.15, -0.1) is 10.2 Å². The van der Waals surface area contributed by atoms with Crippen molar-refractivity contribution in [2.75, 3.05) is 0 Å². The summed E-state index contributed by atoms with van der Waals surface area (Å²) in [6.07, 6.45) is 1.38. The highest BCUT2D eigenvalue weighted by molar-refractivity contribution is 7.99. The highest BCUT2D eigenvalue weighted by atomic mass is 32.2. The number of H-pyrrole nitrogens is 1. The summed E-state index contributed by atoms with van der Waals surface area (Å²) in [5, 5.41) is 18.7. The second-order valence-corrected chi connectivity index (χ2v) is 6.97. The van der Waals surface area contributed by atoms with Gasteiger partial charge in [-0.2, -0.15) is 10.1 Å². The molecule has 0 fully saturated rings. The normalized spacial score (nSPS) is 13.5. The Morgan fingerprint density at radius 2 is 2.09 bits per heavy atom. The fourth-order valence-corrected chi connectivity index (χ4v) is 2.29. The molecule has 3 heterocycles. The van der Waals surface area contributed by atoms with E-state index in [1.165, 1.54) is 18.1 Å². The molecule has 3 aromatic rings. The standard InChI is InChI=1S/C12H15N7O2S/c1-6(22-11-18-17-10(20-11)12(2,3)4)9-15-8(19-21-9)7-13-5-14-16-7/h5-6H,1-4H3,(H,13,14,16)/t6-/m1/s1. The molecule has 0 aliphatic rings. The minimum atomic E-state index is -0.182. The van der Waals surface area contributed by atoms with Gasteiger partial charge in [-0.1, -0.05) is 37.7 Å². The van der Waals surface area contributed by atoms with Gasteiger partial charge < -0.3 is 8.94 Å². The van der Waals surface area contributed by atoms with E-state index in [4.69, 9.17) is 8.94 Å². The molecule has 0 aromatic carbocycles. The third-order valence-electron chi connectivity index (χ3n) is 2.74. The Bertz CT molecular complexity index is 744. The van der Waals surface area contributed by atoms with Crippen LogP contribution in [0.2, 0.25) is 0 Å². The van der Waals surface area contributed by atoms with Gasteiger partial charge in [0.15, 0.2) is 5.82 Å². The lowest BCUT2D eigenvalue weighted by Gasteiger charge is -2.11. The van der Waals surface area contributed by atoms with Crippen LogP contribution in [0, 0.1) is 0 Å². The maximum atomic E-state index is 5.64. The first-order chi connectivity index (χ1) is 10.4. The van der Waals surface area contributed by atoms with Crippen LogP contribution in [-0.2, 0) is 5.41 Å². The molecule has 0 amide bonds. The predicted octanol–water partition coefficient (Wildman–Crippen LogP) is 2.39. The highest BCUT2D eigenvalue weighted by Crippen LogP contribution is 2.34. The molecule has 0 spiro atoms. The Hall–Kier alpha value is -2.23. The van der Waals surface area contributed by atoms with E-state index in [2.05, 4.69) is 35.5 Å². The molecular weight excluding hydrogens is 306 g/mol. The van der Waals surface area contributed by atoms with E-state index in [1.807, 2.05) is 27.7 Å². The second-order valence-electron chi connectivity index (χ2n) is 5.67. The van der Waals surface area contributed by atoms with Crippen molar-refractivity contribution in [1.82, 2.24) is 35.5 Å². The zero-order valence-electron chi connectivity index (χ0n) is 12.6. The molecule has 0 aliphatic carbocycles.